The van der Waals surface area contributed by atoms with Gasteiger partial charge in [-0.25, -0.2) is 8.42 Å². The van der Waals surface area contributed by atoms with Gasteiger partial charge in [0.25, 0.3) is 5.91 Å². The predicted octanol–water partition coefficient (Wildman–Crippen LogP) is 3.73. The maximum atomic E-state index is 13.8. The molecule has 1 aliphatic heterocycles. The molecule has 34 heavy (non-hydrogen) atoms. The van der Waals surface area contributed by atoms with Crippen molar-refractivity contribution in [3.8, 4) is 0 Å². The van der Waals surface area contributed by atoms with Gasteiger partial charge in [0.1, 0.15) is 6.04 Å². The fourth-order valence-corrected chi connectivity index (χ4v) is 5.84. The van der Waals surface area contributed by atoms with E-state index in [1.54, 1.807) is 24.3 Å². The second kappa shape index (κ2) is 9.68. The number of carbonyl (C=O) groups excluding carboxylic acids is 2. The quantitative estimate of drug-likeness (QED) is 0.601. The smallest absolute Gasteiger partial charge is 0.251 e. The van der Waals surface area contributed by atoms with Crippen LogP contribution in [0.4, 0.5) is 0 Å². The average molecular weight is 504 g/mol. The molecule has 182 valence electrons. The molecular weight excluding hydrogens is 474 g/mol. The summed E-state index contributed by atoms with van der Waals surface area (Å²) in [5, 5.41) is 6.25. The summed E-state index contributed by atoms with van der Waals surface area (Å²) in [6.45, 7) is 4.59. The van der Waals surface area contributed by atoms with Crippen LogP contribution in [0.5, 0.6) is 0 Å². The van der Waals surface area contributed by atoms with E-state index in [-0.39, 0.29) is 34.7 Å². The summed E-state index contributed by atoms with van der Waals surface area (Å²) >= 11 is 5.97. The highest BCUT2D eigenvalue weighted by molar-refractivity contribution is 7.89. The van der Waals surface area contributed by atoms with Crippen molar-refractivity contribution in [2.45, 2.75) is 63.1 Å². The fraction of sp³-hybridized carbons (Fsp3) is 0.440. The molecule has 7 nitrogen and oxygen atoms in total. The number of sulfonamides is 1. The Labute approximate surface area is 205 Å². The molecule has 9 heteroatoms. The summed E-state index contributed by atoms with van der Waals surface area (Å²) in [7, 11) is -4.01. The maximum Gasteiger partial charge on any atom is 0.251 e. The number of nitrogens with one attached hydrogen (secondary N) is 2. The number of carbonyl (C=O) groups is 2. The SMILES string of the molecule is CC1(C)CCNC(=O)[C@H](N(Cc2ccc(C(=O)NC3CC3)cc2)S(=O)(=O)c2ccc(Cl)cc2)C1. The Bertz CT molecular complexity index is 1160. The number of nitrogens with zero attached hydrogens (tertiary/aromatic N) is 1. The molecule has 4 rings (SSSR count). The number of hydrogen-bond donors (Lipinski definition) is 2. The predicted molar refractivity (Wildman–Crippen MR) is 131 cm³/mol. The summed E-state index contributed by atoms with van der Waals surface area (Å²) < 4.78 is 28.8. The Balaban J connectivity index is 1.66. The van der Waals surface area contributed by atoms with Gasteiger partial charge >= 0.3 is 0 Å². The topological polar surface area (TPSA) is 95.6 Å². The first-order valence-electron chi connectivity index (χ1n) is 11.5. The van der Waals surface area contributed by atoms with Gasteiger partial charge in [0, 0.05) is 29.7 Å². The standard InChI is InChI=1S/C25H30ClN3O4S/c1-25(2)13-14-27-24(31)22(15-25)29(34(32,33)21-11-7-19(26)8-12-21)16-17-3-5-18(6-4-17)23(30)28-20-9-10-20/h3-8,11-12,20,22H,9-10,13-16H2,1-2H3,(H,27,31)(H,28,30)/t22-/m1/s1. The molecule has 0 unspecified atom stereocenters. The highest BCUT2D eigenvalue weighted by Gasteiger charge is 2.41. The lowest BCUT2D eigenvalue weighted by molar-refractivity contribution is -0.125. The van der Waals surface area contributed by atoms with Gasteiger partial charge in [-0.3, -0.25) is 9.59 Å². The molecule has 2 amide bonds. The Kier molecular flexibility index (Phi) is 7.03. The zero-order valence-electron chi connectivity index (χ0n) is 19.4. The number of halogens is 1. The van der Waals surface area contributed by atoms with Crippen LogP contribution in [-0.2, 0) is 21.4 Å². The van der Waals surface area contributed by atoms with E-state index in [9.17, 15) is 18.0 Å². The lowest BCUT2D eigenvalue weighted by atomic mass is 9.83. The normalized spacial score (nSPS) is 20.5. The van der Waals surface area contributed by atoms with Crippen molar-refractivity contribution >= 4 is 33.4 Å². The lowest BCUT2D eigenvalue weighted by Crippen LogP contribution is -2.49. The molecule has 2 aromatic carbocycles. The summed E-state index contributed by atoms with van der Waals surface area (Å²) in [6, 6.07) is 12.2. The van der Waals surface area contributed by atoms with Crippen LogP contribution in [0.3, 0.4) is 0 Å². The molecule has 0 radical (unpaired) electrons. The van der Waals surface area contributed by atoms with Crippen LogP contribution >= 0.6 is 11.6 Å². The summed E-state index contributed by atoms with van der Waals surface area (Å²) in [6.07, 6.45) is 3.16. The van der Waals surface area contributed by atoms with Gasteiger partial charge in [0.2, 0.25) is 15.9 Å². The zero-order chi connectivity index (χ0) is 24.5. The molecule has 2 aliphatic rings. The molecule has 2 aromatic rings. The van der Waals surface area contributed by atoms with Crippen LogP contribution in [0, 0.1) is 5.41 Å². The van der Waals surface area contributed by atoms with E-state index in [2.05, 4.69) is 10.6 Å². The number of benzene rings is 2. The minimum Gasteiger partial charge on any atom is -0.355 e. The van der Waals surface area contributed by atoms with Gasteiger partial charge in [-0.05, 0) is 73.1 Å². The molecule has 1 atom stereocenters. The van der Waals surface area contributed by atoms with E-state index in [0.29, 0.717) is 29.1 Å². The third kappa shape index (κ3) is 5.79. The first-order valence-corrected chi connectivity index (χ1v) is 13.3. The molecule has 1 aliphatic carbocycles. The Morgan fingerprint density at radius 1 is 1.12 bits per heavy atom. The molecule has 1 saturated heterocycles. The third-order valence-electron chi connectivity index (χ3n) is 6.38. The summed E-state index contributed by atoms with van der Waals surface area (Å²) in [4.78, 5) is 25.4. The van der Waals surface area contributed by atoms with Gasteiger partial charge in [-0.15, -0.1) is 0 Å². The van der Waals surface area contributed by atoms with Crippen LogP contribution in [-0.4, -0.2) is 43.2 Å². The van der Waals surface area contributed by atoms with E-state index in [0.717, 1.165) is 19.3 Å². The van der Waals surface area contributed by atoms with Gasteiger partial charge in [0.05, 0.1) is 4.90 Å². The molecule has 2 N–H and O–H groups in total. The van der Waals surface area contributed by atoms with Crippen molar-refractivity contribution in [1.29, 1.82) is 0 Å². The zero-order valence-corrected chi connectivity index (χ0v) is 21.0. The largest absolute Gasteiger partial charge is 0.355 e. The van der Waals surface area contributed by atoms with Crippen molar-refractivity contribution < 1.29 is 18.0 Å². The van der Waals surface area contributed by atoms with E-state index in [1.807, 2.05) is 13.8 Å². The highest BCUT2D eigenvalue weighted by Crippen LogP contribution is 2.33. The molecule has 1 saturated carbocycles. The second-order valence-electron chi connectivity index (χ2n) is 9.87. The van der Waals surface area contributed by atoms with Crippen molar-refractivity contribution in [3.63, 3.8) is 0 Å². The molecule has 2 fully saturated rings. The first kappa shape index (κ1) is 24.7. The van der Waals surface area contributed by atoms with E-state index in [1.165, 1.54) is 28.6 Å². The molecule has 0 aromatic heterocycles. The van der Waals surface area contributed by atoms with E-state index in [4.69, 9.17) is 11.6 Å². The van der Waals surface area contributed by atoms with Crippen molar-refractivity contribution in [2.24, 2.45) is 5.41 Å². The van der Waals surface area contributed by atoms with Crippen LogP contribution in [0.25, 0.3) is 0 Å². The molecular formula is C25H30ClN3O4S. The van der Waals surface area contributed by atoms with Crippen LogP contribution in [0.1, 0.15) is 55.5 Å². The Morgan fingerprint density at radius 3 is 2.38 bits per heavy atom. The van der Waals surface area contributed by atoms with Crippen LogP contribution in [0.2, 0.25) is 5.02 Å². The lowest BCUT2D eigenvalue weighted by Gasteiger charge is -2.33. The monoisotopic (exact) mass is 503 g/mol. The number of amides is 2. The summed E-state index contributed by atoms with van der Waals surface area (Å²) in [5.41, 5.74) is 0.994. The molecule has 0 spiro atoms. The van der Waals surface area contributed by atoms with E-state index >= 15 is 0 Å². The van der Waals surface area contributed by atoms with Crippen molar-refractivity contribution in [3.05, 3.63) is 64.7 Å². The molecule has 1 heterocycles. The second-order valence-corrected chi connectivity index (χ2v) is 12.2. The fourth-order valence-electron chi connectivity index (χ4n) is 4.14. The number of rotatable bonds is 7. The van der Waals surface area contributed by atoms with E-state index < -0.39 is 16.1 Å². The minimum absolute atomic E-state index is 0.00362. The molecule has 0 bridgehead atoms. The van der Waals surface area contributed by atoms with Gasteiger partial charge in [-0.1, -0.05) is 37.6 Å². The van der Waals surface area contributed by atoms with Gasteiger partial charge < -0.3 is 10.6 Å². The minimum atomic E-state index is -4.01. The Morgan fingerprint density at radius 2 is 1.76 bits per heavy atom. The highest BCUT2D eigenvalue weighted by atomic mass is 35.5. The van der Waals surface area contributed by atoms with Crippen LogP contribution < -0.4 is 10.6 Å². The third-order valence-corrected chi connectivity index (χ3v) is 8.51. The van der Waals surface area contributed by atoms with Gasteiger partial charge in [0.15, 0.2) is 0 Å². The van der Waals surface area contributed by atoms with Gasteiger partial charge in [-0.2, -0.15) is 4.31 Å². The maximum absolute atomic E-state index is 13.8. The van der Waals surface area contributed by atoms with Crippen molar-refractivity contribution in [2.75, 3.05) is 6.54 Å². The van der Waals surface area contributed by atoms with Crippen LogP contribution in [0.15, 0.2) is 53.4 Å². The average Bonchev–Trinajstić information content (AvgIpc) is 3.61. The van der Waals surface area contributed by atoms with Crippen molar-refractivity contribution in [1.82, 2.24) is 14.9 Å². The Hall–Kier alpha value is -2.42. The number of hydrogen-bond acceptors (Lipinski definition) is 4. The summed E-state index contributed by atoms with van der Waals surface area (Å²) in [5.74, 6) is -0.437. The first-order chi connectivity index (χ1) is 16.0.